The van der Waals surface area contributed by atoms with Gasteiger partial charge >= 0.3 is 5.97 Å². The van der Waals surface area contributed by atoms with E-state index in [0.717, 1.165) is 31.4 Å². The molecule has 1 saturated carbocycles. The molecular weight excluding hydrogens is 374 g/mol. The average Bonchev–Trinajstić information content (AvgIpc) is 2.92. The first-order valence-electron chi connectivity index (χ1n) is 9.05. The van der Waals surface area contributed by atoms with E-state index >= 15 is 0 Å². The number of rotatable bonds is 8. The first-order valence-corrected chi connectivity index (χ1v) is 9.05. The van der Waals surface area contributed by atoms with E-state index in [1.165, 1.54) is 12.0 Å². The highest BCUT2D eigenvalue weighted by Gasteiger charge is 2.34. The Hall–Kier alpha value is -2.68. The fourth-order valence-corrected chi connectivity index (χ4v) is 3.12. The second-order valence-corrected chi connectivity index (χ2v) is 6.80. The number of nitrogens with zero attached hydrogens (tertiary/aromatic N) is 1. The van der Waals surface area contributed by atoms with Gasteiger partial charge < -0.3 is 24.8 Å². The summed E-state index contributed by atoms with van der Waals surface area (Å²) in [5.41, 5.74) is -0.157. The number of β-amino-alcohol motifs (C(OH)–C–C–N with tert-alkyl or cyclic N) is 1. The summed E-state index contributed by atoms with van der Waals surface area (Å²) in [6.45, 7) is -0.0836. The van der Waals surface area contributed by atoms with Gasteiger partial charge in [0.05, 0.1) is 32.4 Å². The Morgan fingerprint density at radius 2 is 2.00 bits per heavy atom. The maximum atomic E-state index is 14.3. The topological polar surface area (TPSA) is 88.1 Å². The molecule has 1 aliphatic carbocycles. The summed E-state index contributed by atoms with van der Waals surface area (Å²) in [5, 5.41) is 11.7. The van der Waals surface area contributed by atoms with Crippen molar-refractivity contribution >= 4 is 17.6 Å². The molecule has 1 aliphatic heterocycles. The number of aliphatic hydroxyl groups excluding tert-OH is 1. The van der Waals surface area contributed by atoms with E-state index in [2.05, 4.69) is 10.1 Å². The van der Waals surface area contributed by atoms with Gasteiger partial charge in [0.1, 0.15) is 5.70 Å². The van der Waals surface area contributed by atoms with Crippen molar-refractivity contribution in [1.29, 1.82) is 0 Å². The Labute approximate surface area is 160 Å². The number of esters is 1. The van der Waals surface area contributed by atoms with E-state index in [9.17, 15) is 18.4 Å². The van der Waals surface area contributed by atoms with Crippen LogP contribution >= 0.6 is 0 Å². The third-order valence-corrected chi connectivity index (χ3v) is 4.91. The molecule has 0 unspecified atom stereocenters. The molecule has 0 saturated heterocycles. The molecule has 9 heteroatoms. The number of aliphatic hydroxyl groups is 1. The predicted octanol–water partition coefficient (Wildman–Crippen LogP) is 1.82. The van der Waals surface area contributed by atoms with E-state index in [0.29, 0.717) is 5.92 Å². The van der Waals surface area contributed by atoms with Crippen LogP contribution in [-0.4, -0.2) is 55.3 Å². The van der Waals surface area contributed by atoms with Crippen LogP contribution in [0.4, 0.5) is 14.5 Å². The number of amides is 1. The van der Waals surface area contributed by atoms with Crippen LogP contribution in [0.1, 0.15) is 19.3 Å². The summed E-state index contributed by atoms with van der Waals surface area (Å²) < 4.78 is 38.6. The van der Waals surface area contributed by atoms with Gasteiger partial charge in [-0.25, -0.2) is 13.6 Å². The van der Waals surface area contributed by atoms with Crippen LogP contribution in [-0.2, 0) is 14.3 Å². The zero-order chi connectivity index (χ0) is 20.3. The van der Waals surface area contributed by atoms with Crippen molar-refractivity contribution in [3.8, 4) is 5.75 Å². The lowest BCUT2D eigenvalue weighted by Gasteiger charge is -2.25. The number of nitrogens with one attached hydrogen (secondary N) is 1. The van der Waals surface area contributed by atoms with Crippen LogP contribution in [0.3, 0.4) is 0 Å². The van der Waals surface area contributed by atoms with Crippen molar-refractivity contribution in [3.63, 3.8) is 0 Å². The third-order valence-electron chi connectivity index (χ3n) is 4.91. The monoisotopic (exact) mass is 396 g/mol. The van der Waals surface area contributed by atoms with Crippen molar-refractivity contribution < 1.29 is 33.0 Å². The Morgan fingerprint density at radius 3 is 2.54 bits per heavy atom. The molecule has 2 aliphatic rings. The number of carbonyl (C=O) groups excluding carboxylic acids is 2. The molecule has 0 aromatic heterocycles. The molecule has 0 bridgehead atoms. The number of benzene rings is 1. The molecule has 0 spiro atoms. The number of ether oxygens (including phenoxy) is 2. The molecule has 0 radical (unpaired) electrons. The molecule has 0 atom stereocenters. The van der Waals surface area contributed by atoms with E-state index in [4.69, 9.17) is 9.84 Å². The van der Waals surface area contributed by atoms with E-state index in [1.54, 1.807) is 0 Å². The van der Waals surface area contributed by atoms with Gasteiger partial charge in [0, 0.05) is 24.4 Å². The van der Waals surface area contributed by atoms with Gasteiger partial charge in [-0.1, -0.05) is 6.42 Å². The summed E-state index contributed by atoms with van der Waals surface area (Å²) in [5.74, 6) is -3.25. The Kier molecular flexibility index (Phi) is 6.13. The van der Waals surface area contributed by atoms with Gasteiger partial charge in [-0.05, 0) is 18.8 Å². The van der Waals surface area contributed by atoms with Gasteiger partial charge in [-0.3, -0.25) is 4.79 Å². The smallest absolute Gasteiger partial charge is 0.337 e. The Morgan fingerprint density at radius 1 is 1.32 bits per heavy atom. The van der Waals surface area contributed by atoms with E-state index < -0.39 is 29.3 Å². The van der Waals surface area contributed by atoms with Crippen LogP contribution in [0.2, 0.25) is 0 Å². The number of carbonyl (C=O) groups is 2. The number of halogens is 2. The minimum absolute atomic E-state index is 0.0151. The largest absolute Gasteiger partial charge is 0.487 e. The fourth-order valence-electron chi connectivity index (χ4n) is 3.12. The number of anilines is 1. The van der Waals surface area contributed by atoms with Crippen LogP contribution in [0.15, 0.2) is 23.4 Å². The number of hydrogen-bond acceptors (Lipinski definition) is 6. The van der Waals surface area contributed by atoms with Crippen molar-refractivity contribution in [2.75, 3.05) is 38.7 Å². The normalized spacial score (nSPS) is 17.0. The Balaban J connectivity index is 1.80. The van der Waals surface area contributed by atoms with Crippen molar-refractivity contribution in [2.24, 2.45) is 5.92 Å². The van der Waals surface area contributed by atoms with Crippen LogP contribution in [0.5, 0.6) is 5.75 Å². The number of hydrogen-bond donors (Lipinski definition) is 2. The zero-order valence-electron chi connectivity index (χ0n) is 15.5. The summed E-state index contributed by atoms with van der Waals surface area (Å²) in [7, 11) is 1.17. The first kappa shape index (κ1) is 20.1. The lowest BCUT2D eigenvalue weighted by Crippen LogP contribution is -2.31. The van der Waals surface area contributed by atoms with Crippen LogP contribution in [0.25, 0.3) is 0 Å². The Bertz CT molecular complexity index is 785. The number of methoxy groups -OCH3 is 1. The first-order chi connectivity index (χ1) is 13.4. The summed E-state index contributed by atoms with van der Waals surface area (Å²) in [6.07, 6.45) is 3.07. The standard InChI is InChI=1S/C19H22F2N2O5/c1-27-19(26)13-9-23(5-6-24)18(25)16(13)22-12-7-14(20)17(15(21)8-12)28-10-11-3-2-4-11/h7-8,11,22,24H,2-6,9-10H2,1H3. The molecule has 1 heterocycles. The van der Waals surface area contributed by atoms with E-state index in [1.807, 2.05) is 0 Å². The molecule has 1 amide bonds. The maximum absolute atomic E-state index is 14.3. The maximum Gasteiger partial charge on any atom is 0.337 e. The molecule has 2 N–H and O–H groups in total. The average molecular weight is 396 g/mol. The predicted molar refractivity (Wildman–Crippen MR) is 95.5 cm³/mol. The molecule has 28 heavy (non-hydrogen) atoms. The second kappa shape index (κ2) is 8.55. The van der Waals surface area contributed by atoms with Crippen LogP contribution in [0, 0.1) is 17.6 Å². The van der Waals surface area contributed by atoms with Gasteiger partial charge in [0.25, 0.3) is 5.91 Å². The highest BCUT2D eigenvalue weighted by molar-refractivity contribution is 6.08. The SMILES string of the molecule is COC(=O)C1=C(Nc2cc(F)c(OCC3CCC3)c(F)c2)C(=O)N(CCO)C1. The quantitative estimate of drug-likeness (QED) is 0.652. The van der Waals surface area contributed by atoms with Crippen molar-refractivity contribution in [1.82, 2.24) is 4.90 Å². The zero-order valence-corrected chi connectivity index (χ0v) is 15.5. The lowest BCUT2D eigenvalue weighted by atomic mass is 9.86. The van der Waals surface area contributed by atoms with Crippen molar-refractivity contribution in [2.45, 2.75) is 19.3 Å². The van der Waals surface area contributed by atoms with Crippen molar-refractivity contribution in [3.05, 3.63) is 35.0 Å². The molecular formula is C19H22F2N2O5. The molecule has 1 aromatic rings. The molecule has 1 fully saturated rings. The molecule has 152 valence electrons. The van der Waals surface area contributed by atoms with E-state index in [-0.39, 0.29) is 43.3 Å². The lowest BCUT2D eigenvalue weighted by molar-refractivity contribution is -0.136. The minimum Gasteiger partial charge on any atom is -0.487 e. The van der Waals surface area contributed by atoms with Gasteiger partial charge in [0.15, 0.2) is 17.4 Å². The summed E-state index contributed by atoms with van der Waals surface area (Å²) in [6, 6.07) is 2.01. The molecule has 3 rings (SSSR count). The highest BCUT2D eigenvalue weighted by atomic mass is 19.1. The highest BCUT2D eigenvalue weighted by Crippen LogP contribution is 2.31. The molecule has 7 nitrogen and oxygen atoms in total. The minimum atomic E-state index is -0.903. The third kappa shape index (κ3) is 4.09. The summed E-state index contributed by atoms with van der Waals surface area (Å²) >= 11 is 0. The van der Waals surface area contributed by atoms with Gasteiger partial charge in [-0.15, -0.1) is 0 Å². The summed E-state index contributed by atoms with van der Waals surface area (Å²) in [4.78, 5) is 25.6. The fraction of sp³-hybridized carbons (Fsp3) is 0.474. The van der Waals surface area contributed by atoms with Crippen LogP contribution < -0.4 is 10.1 Å². The van der Waals surface area contributed by atoms with Gasteiger partial charge in [0.2, 0.25) is 0 Å². The van der Waals surface area contributed by atoms with Gasteiger partial charge in [-0.2, -0.15) is 0 Å². The molecule has 1 aromatic carbocycles. The second-order valence-electron chi connectivity index (χ2n) is 6.80.